The quantitative estimate of drug-likeness (QED) is 0.738. The monoisotopic (exact) mass is 238 g/mol. The zero-order chi connectivity index (χ0) is 12.3. The largest absolute Gasteiger partial charge is 0.445 e. The van der Waals surface area contributed by atoms with Crippen molar-refractivity contribution in [2.75, 3.05) is 26.8 Å². The van der Waals surface area contributed by atoms with Gasteiger partial charge in [0.2, 0.25) is 0 Å². The highest BCUT2D eigenvalue weighted by Crippen LogP contribution is 2.58. The maximum Gasteiger partial charge on any atom is 0.195 e. The lowest BCUT2D eigenvalue weighted by Crippen LogP contribution is -2.21. The average Bonchev–Trinajstić information content (AvgIpc) is 2.75. The van der Waals surface area contributed by atoms with Crippen molar-refractivity contribution in [3.63, 3.8) is 0 Å². The summed E-state index contributed by atoms with van der Waals surface area (Å²) in [5.74, 6) is 2.47. The number of hydrogen-bond donors (Lipinski definition) is 1. The lowest BCUT2D eigenvalue weighted by atomic mass is 10.1. The molecule has 1 heterocycles. The van der Waals surface area contributed by atoms with Crippen molar-refractivity contribution in [2.45, 2.75) is 32.6 Å². The summed E-state index contributed by atoms with van der Waals surface area (Å²) in [6.45, 7) is 7.04. The van der Waals surface area contributed by atoms with Crippen molar-refractivity contribution >= 4 is 0 Å². The molecule has 1 unspecified atom stereocenters. The minimum Gasteiger partial charge on any atom is -0.445 e. The summed E-state index contributed by atoms with van der Waals surface area (Å²) in [7, 11) is 1.71. The first-order valence-corrected chi connectivity index (χ1v) is 6.28. The van der Waals surface area contributed by atoms with Crippen LogP contribution in [0.2, 0.25) is 0 Å². The van der Waals surface area contributed by atoms with Crippen LogP contribution in [0.4, 0.5) is 0 Å². The average molecular weight is 238 g/mol. The van der Waals surface area contributed by atoms with Gasteiger partial charge in [-0.05, 0) is 11.8 Å². The molecule has 1 saturated carbocycles. The molecule has 1 aliphatic rings. The second-order valence-corrected chi connectivity index (χ2v) is 5.39. The molecule has 1 aromatic heterocycles. The fourth-order valence-corrected chi connectivity index (χ4v) is 2.05. The molecule has 4 nitrogen and oxygen atoms in total. The second kappa shape index (κ2) is 5.19. The highest BCUT2D eigenvalue weighted by molar-refractivity contribution is 5.17. The van der Waals surface area contributed by atoms with E-state index in [1.165, 1.54) is 6.42 Å². The molecule has 0 aliphatic heterocycles. The summed E-state index contributed by atoms with van der Waals surface area (Å²) in [4.78, 5) is 4.32. The van der Waals surface area contributed by atoms with Crippen LogP contribution in [0.25, 0.3) is 0 Å². The van der Waals surface area contributed by atoms with Crippen LogP contribution in [0.1, 0.15) is 37.8 Å². The van der Waals surface area contributed by atoms with Gasteiger partial charge in [0.05, 0.1) is 12.8 Å². The van der Waals surface area contributed by atoms with E-state index < -0.39 is 0 Å². The number of methoxy groups -OCH3 is 1. The number of nitrogens with one attached hydrogen (secondary N) is 1. The highest BCUT2D eigenvalue weighted by atomic mass is 16.5. The second-order valence-electron chi connectivity index (χ2n) is 5.39. The SMILES string of the molecule is COCCNCCc1ncc(C2CC2(C)C)o1. The van der Waals surface area contributed by atoms with E-state index in [1.54, 1.807) is 7.11 Å². The van der Waals surface area contributed by atoms with Crippen molar-refractivity contribution in [1.82, 2.24) is 10.3 Å². The van der Waals surface area contributed by atoms with Gasteiger partial charge in [0.15, 0.2) is 5.89 Å². The van der Waals surface area contributed by atoms with E-state index in [2.05, 4.69) is 24.1 Å². The Morgan fingerprint density at radius 3 is 2.94 bits per heavy atom. The van der Waals surface area contributed by atoms with E-state index in [4.69, 9.17) is 9.15 Å². The van der Waals surface area contributed by atoms with Gasteiger partial charge in [-0.25, -0.2) is 4.98 Å². The molecule has 17 heavy (non-hydrogen) atoms. The summed E-state index contributed by atoms with van der Waals surface area (Å²) in [5.41, 5.74) is 0.410. The van der Waals surface area contributed by atoms with Gasteiger partial charge in [-0.15, -0.1) is 0 Å². The Labute approximate surface area is 103 Å². The van der Waals surface area contributed by atoms with E-state index in [0.717, 1.165) is 37.8 Å². The topological polar surface area (TPSA) is 47.3 Å². The third kappa shape index (κ3) is 3.30. The van der Waals surface area contributed by atoms with Crippen LogP contribution >= 0.6 is 0 Å². The van der Waals surface area contributed by atoms with E-state index in [1.807, 2.05) is 6.20 Å². The van der Waals surface area contributed by atoms with Crippen LogP contribution in [-0.4, -0.2) is 31.8 Å². The molecule has 1 fully saturated rings. The Hall–Kier alpha value is -0.870. The van der Waals surface area contributed by atoms with Crippen LogP contribution in [0.15, 0.2) is 10.6 Å². The lowest BCUT2D eigenvalue weighted by Gasteiger charge is -2.01. The molecule has 1 atom stereocenters. The molecular formula is C13H22N2O2. The van der Waals surface area contributed by atoms with E-state index >= 15 is 0 Å². The smallest absolute Gasteiger partial charge is 0.195 e. The van der Waals surface area contributed by atoms with Crippen LogP contribution < -0.4 is 5.32 Å². The van der Waals surface area contributed by atoms with Gasteiger partial charge in [0.1, 0.15) is 5.76 Å². The first kappa shape index (κ1) is 12.6. The maximum atomic E-state index is 5.77. The number of aromatic nitrogens is 1. The van der Waals surface area contributed by atoms with Gasteiger partial charge in [-0.2, -0.15) is 0 Å². The number of ether oxygens (including phenoxy) is 1. The molecule has 1 aromatic rings. The van der Waals surface area contributed by atoms with Gasteiger partial charge >= 0.3 is 0 Å². The molecule has 0 radical (unpaired) electrons. The zero-order valence-electron chi connectivity index (χ0n) is 11.0. The molecule has 96 valence electrons. The molecule has 1 aliphatic carbocycles. The van der Waals surface area contributed by atoms with Crippen molar-refractivity contribution in [3.05, 3.63) is 17.8 Å². The zero-order valence-corrected chi connectivity index (χ0v) is 11.0. The molecule has 1 N–H and O–H groups in total. The summed E-state index contributed by atoms with van der Waals surface area (Å²) < 4.78 is 10.7. The summed E-state index contributed by atoms with van der Waals surface area (Å²) in [6.07, 6.45) is 3.95. The lowest BCUT2D eigenvalue weighted by molar-refractivity contribution is 0.199. The van der Waals surface area contributed by atoms with Crippen LogP contribution in [-0.2, 0) is 11.2 Å². The van der Waals surface area contributed by atoms with E-state index in [0.29, 0.717) is 11.3 Å². The summed E-state index contributed by atoms with van der Waals surface area (Å²) in [6, 6.07) is 0. The van der Waals surface area contributed by atoms with E-state index in [-0.39, 0.29) is 0 Å². The number of rotatable bonds is 7. The van der Waals surface area contributed by atoms with Gasteiger partial charge in [-0.3, -0.25) is 0 Å². The van der Waals surface area contributed by atoms with Crippen molar-refractivity contribution in [1.29, 1.82) is 0 Å². The molecule has 0 spiro atoms. The summed E-state index contributed by atoms with van der Waals surface area (Å²) in [5, 5.41) is 3.28. The standard InChI is InChI=1S/C13H22N2O2/c1-13(2)8-10(13)11-9-15-12(17-11)4-5-14-6-7-16-3/h9-10,14H,4-8H2,1-3H3. The van der Waals surface area contributed by atoms with Gasteiger partial charge < -0.3 is 14.5 Å². The number of hydrogen-bond acceptors (Lipinski definition) is 4. The predicted molar refractivity (Wildman–Crippen MR) is 66.1 cm³/mol. The number of oxazole rings is 1. The molecule has 0 amide bonds. The van der Waals surface area contributed by atoms with E-state index in [9.17, 15) is 0 Å². The fraction of sp³-hybridized carbons (Fsp3) is 0.769. The van der Waals surface area contributed by atoms with Gasteiger partial charge in [0.25, 0.3) is 0 Å². The Morgan fingerprint density at radius 1 is 1.53 bits per heavy atom. The normalized spacial score (nSPS) is 21.7. The maximum absolute atomic E-state index is 5.77. The molecule has 0 aromatic carbocycles. The minimum atomic E-state index is 0.410. The van der Waals surface area contributed by atoms with Crippen molar-refractivity contribution in [2.24, 2.45) is 5.41 Å². The fourth-order valence-electron chi connectivity index (χ4n) is 2.05. The highest BCUT2D eigenvalue weighted by Gasteiger charge is 2.48. The first-order chi connectivity index (χ1) is 8.13. The number of nitrogens with zero attached hydrogens (tertiary/aromatic N) is 1. The Morgan fingerprint density at radius 2 is 2.29 bits per heavy atom. The summed E-state index contributed by atoms with van der Waals surface area (Å²) >= 11 is 0. The molecule has 0 saturated heterocycles. The van der Waals surface area contributed by atoms with Crippen molar-refractivity contribution in [3.8, 4) is 0 Å². The predicted octanol–water partition coefficient (Wildman–Crippen LogP) is 1.97. The van der Waals surface area contributed by atoms with Gasteiger partial charge in [0, 0.05) is 32.5 Å². The molecule has 2 rings (SSSR count). The first-order valence-electron chi connectivity index (χ1n) is 6.28. The Bertz CT molecular complexity index is 360. The molecular weight excluding hydrogens is 216 g/mol. The third-order valence-electron chi connectivity index (χ3n) is 3.43. The Kier molecular flexibility index (Phi) is 3.84. The van der Waals surface area contributed by atoms with Crippen LogP contribution in [0, 0.1) is 5.41 Å². The Balaban J connectivity index is 1.72. The van der Waals surface area contributed by atoms with Crippen LogP contribution in [0.3, 0.4) is 0 Å². The molecule has 4 heteroatoms. The minimum absolute atomic E-state index is 0.410. The van der Waals surface area contributed by atoms with Gasteiger partial charge in [-0.1, -0.05) is 13.8 Å². The van der Waals surface area contributed by atoms with Crippen LogP contribution in [0.5, 0.6) is 0 Å². The third-order valence-corrected chi connectivity index (χ3v) is 3.43. The van der Waals surface area contributed by atoms with Crippen molar-refractivity contribution < 1.29 is 9.15 Å². The molecule has 0 bridgehead atoms.